The van der Waals surface area contributed by atoms with Crippen LogP contribution in [0.3, 0.4) is 0 Å². The lowest BCUT2D eigenvalue weighted by atomic mass is 9.97. The molecule has 178 valence electrons. The molecule has 3 heterocycles. The first-order valence-corrected chi connectivity index (χ1v) is 12.9. The van der Waals surface area contributed by atoms with E-state index in [1.807, 2.05) is 37.3 Å². The first kappa shape index (κ1) is 23.7. The van der Waals surface area contributed by atoms with Gasteiger partial charge in [-0.05, 0) is 51.2 Å². The SMILES string of the molecule is Cc1ccc(C=Cc2onc(C)c2S(=O)(=O)N2CCC(C(=O)NCC3CCCO3)CC2)cc1. The highest BCUT2D eigenvalue weighted by molar-refractivity contribution is 7.89. The number of nitrogens with zero attached hydrogens (tertiary/aromatic N) is 2. The van der Waals surface area contributed by atoms with E-state index in [1.165, 1.54) is 4.31 Å². The Kier molecular flexibility index (Phi) is 7.31. The molecular formula is C24H31N3O5S. The van der Waals surface area contributed by atoms with Crippen molar-refractivity contribution in [1.82, 2.24) is 14.8 Å². The average Bonchev–Trinajstić information content (AvgIpc) is 3.47. The Morgan fingerprint density at radius 2 is 1.88 bits per heavy atom. The molecule has 2 saturated heterocycles. The molecule has 0 saturated carbocycles. The maximum absolute atomic E-state index is 13.4. The number of piperidine rings is 1. The van der Waals surface area contributed by atoms with Crippen molar-refractivity contribution >= 4 is 28.1 Å². The van der Waals surface area contributed by atoms with E-state index in [-0.39, 0.29) is 41.7 Å². The molecule has 2 fully saturated rings. The lowest BCUT2D eigenvalue weighted by molar-refractivity contribution is -0.126. The minimum absolute atomic E-state index is 0.0228. The summed E-state index contributed by atoms with van der Waals surface area (Å²) in [5.74, 6) is -0.00254. The summed E-state index contributed by atoms with van der Waals surface area (Å²) in [6.07, 6.45) is 6.51. The third-order valence-electron chi connectivity index (χ3n) is 6.29. The van der Waals surface area contributed by atoms with Gasteiger partial charge in [0.25, 0.3) is 0 Å². The molecule has 1 amide bonds. The summed E-state index contributed by atoms with van der Waals surface area (Å²) in [7, 11) is -3.79. The lowest BCUT2D eigenvalue weighted by Crippen LogP contribution is -2.44. The fourth-order valence-corrected chi connectivity index (χ4v) is 6.02. The number of hydrogen-bond acceptors (Lipinski definition) is 6. The van der Waals surface area contributed by atoms with E-state index in [2.05, 4.69) is 10.5 Å². The second-order valence-electron chi connectivity index (χ2n) is 8.76. The number of aromatic nitrogens is 1. The van der Waals surface area contributed by atoms with Crippen molar-refractivity contribution in [2.75, 3.05) is 26.2 Å². The van der Waals surface area contributed by atoms with Gasteiger partial charge in [0.15, 0.2) is 10.7 Å². The van der Waals surface area contributed by atoms with E-state index in [0.717, 1.165) is 30.6 Å². The number of sulfonamides is 1. The molecule has 1 aromatic heterocycles. The number of benzene rings is 1. The van der Waals surface area contributed by atoms with Crippen molar-refractivity contribution < 1.29 is 22.5 Å². The largest absolute Gasteiger partial charge is 0.376 e. The molecule has 1 unspecified atom stereocenters. The van der Waals surface area contributed by atoms with Gasteiger partial charge in [0.05, 0.1) is 6.10 Å². The number of amides is 1. The number of ether oxygens (including phenoxy) is 1. The van der Waals surface area contributed by atoms with Gasteiger partial charge in [-0.25, -0.2) is 8.42 Å². The topological polar surface area (TPSA) is 102 Å². The zero-order valence-electron chi connectivity index (χ0n) is 19.1. The maximum Gasteiger partial charge on any atom is 0.248 e. The van der Waals surface area contributed by atoms with Crippen molar-refractivity contribution in [1.29, 1.82) is 0 Å². The van der Waals surface area contributed by atoms with Gasteiger partial charge in [0.2, 0.25) is 15.9 Å². The van der Waals surface area contributed by atoms with Crippen molar-refractivity contribution in [3.8, 4) is 0 Å². The third-order valence-corrected chi connectivity index (χ3v) is 8.35. The Balaban J connectivity index is 1.40. The number of aryl methyl sites for hydroxylation is 2. The Bertz CT molecular complexity index is 1090. The number of rotatable bonds is 7. The molecule has 1 N–H and O–H groups in total. The first-order valence-electron chi connectivity index (χ1n) is 11.4. The predicted molar refractivity (Wildman–Crippen MR) is 125 cm³/mol. The maximum atomic E-state index is 13.4. The van der Waals surface area contributed by atoms with Crippen LogP contribution < -0.4 is 5.32 Å². The van der Waals surface area contributed by atoms with Gasteiger partial charge in [-0.2, -0.15) is 4.31 Å². The highest BCUT2D eigenvalue weighted by Crippen LogP contribution is 2.29. The van der Waals surface area contributed by atoms with Crippen LogP contribution in [0.1, 0.15) is 48.3 Å². The van der Waals surface area contributed by atoms with E-state index in [4.69, 9.17) is 9.26 Å². The summed E-state index contributed by atoms with van der Waals surface area (Å²) in [5.41, 5.74) is 2.41. The number of hydrogen-bond donors (Lipinski definition) is 1. The lowest BCUT2D eigenvalue weighted by Gasteiger charge is -2.30. The summed E-state index contributed by atoms with van der Waals surface area (Å²) in [6, 6.07) is 7.89. The molecule has 9 heteroatoms. The summed E-state index contributed by atoms with van der Waals surface area (Å²) < 4.78 is 39.1. The molecule has 1 aromatic carbocycles. The highest BCUT2D eigenvalue weighted by Gasteiger charge is 2.36. The molecule has 0 radical (unpaired) electrons. The molecule has 4 rings (SSSR count). The highest BCUT2D eigenvalue weighted by atomic mass is 32.2. The van der Waals surface area contributed by atoms with Crippen LogP contribution in [-0.4, -0.2) is 56.1 Å². The predicted octanol–water partition coefficient (Wildman–Crippen LogP) is 3.16. The van der Waals surface area contributed by atoms with Crippen LogP contribution in [0.15, 0.2) is 33.7 Å². The van der Waals surface area contributed by atoms with Gasteiger partial charge < -0.3 is 14.6 Å². The van der Waals surface area contributed by atoms with Crippen LogP contribution in [-0.2, 0) is 19.6 Å². The van der Waals surface area contributed by atoms with E-state index < -0.39 is 10.0 Å². The van der Waals surface area contributed by atoms with E-state index in [0.29, 0.717) is 25.1 Å². The molecule has 0 aliphatic carbocycles. The smallest absolute Gasteiger partial charge is 0.248 e. The van der Waals surface area contributed by atoms with Gasteiger partial charge in [-0.1, -0.05) is 41.1 Å². The van der Waals surface area contributed by atoms with Gasteiger partial charge in [0.1, 0.15) is 5.69 Å². The zero-order valence-corrected chi connectivity index (χ0v) is 19.9. The first-order chi connectivity index (χ1) is 15.8. The molecular weight excluding hydrogens is 442 g/mol. The molecule has 2 aliphatic heterocycles. The number of carbonyl (C=O) groups is 1. The minimum Gasteiger partial charge on any atom is -0.376 e. The molecule has 2 aliphatic rings. The van der Waals surface area contributed by atoms with Gasteiger partial charge in [0, 0.05) is 32.2 Å². The third kappa shape index (κ3) is 5.54. The van der Waals surface area contributed by atoms with Crippen molar-refractivity contribution in [3.05, 3.63) is 46.8 Å². The van der Waals surface area contributed by atoms with Crippen LogP contribution in [0.4, 0.5) is 0 Å². The molecule has 8 nitrogen and oxygen atoms in total. The molecule has 1 atom stereocenters. The van der Waals surface area contributed by atoms with E-state index >= 15 is 0 Å². The Morgan fingerprint density at radius 1 is 1.15 bits per heavy atom. The molecule has 2 aromatic rings. The molecule has 33 heavy (non-hydrogen) atoms. The Labute approximate surface area is 195 Å². The Morgan fingerprint density at radius 3 is 2.55 bits per heavy atom. The van der Waals surface area contributed by atoms with Crippen LogP contribution in [0.25, 0.3) is 12.2 Å². The number of nitrogens with one attached hydrogen (secondary N) is 1. The number of carbonyl (C=O) groups excluding carboxylic acids is 1. The van der Waals surface area contributed by atoms with E-state index in [1.54, 1.807) is 13.0 Å². The quantitative estimate of drug-likeness (QED) is 0.663. The van der Waals surface area contributed by atoms with Gasteiger partial charge >= 0.3 is 0 Å². The van der Waals surface area contributed by atoms with Crippen LogP contribution in [0.2, 0.25) is 0 Å². The normalized spacial score (nSPS) is 20.5. The summed E-state index contributed by atoms with van der Waals surface area (Å²) >= 11 is 0. The summed E-state index contributed by atoms with van der Waals surface area (Å²) in [5, 5.41) is 6.86. The molecule has 0 spiro atoms. The van der Waals surface area contributed by atoms with Crippen molar-refractivity contribution in [3.63, 3.8) is 0 Å². The zero-order chi connectivity index (χ0) is 23.4. The fraction of sp³-hybridized carbons (Fsp3) is 0.500. The summed E-state index contributed by atoms with van der Waals surface area (Å²) in [6.45, 7) is 5.48. The fourth-order valence-electron chi connectivity index (χ4n) is 4.30. The van der Waals surface area contributed by atoms with Crippen LogP contribution in [0, 0.1) is 19.8 Å². The minimum atomic E-state index is -3.79. The van der Waals surface area contributed by atoms with Gasteiger partial charge in [-0.15, -0.1) is 0 Å². The second kappa shape index (κ2) is 10.2. The average molecular weight is 474 g/mol. The standard InChI is InChI=1S/C24H31N3O5S/c1-17-5-7-19(8-6-17)9-10-22-23(18(2)26-32-22)33(29,30)27-13-11-20(12-14-27)24(28)25-16-21-4-3-15-31-21/h5-10,20-21H,3-4,11-16H2,1-2H3,(H,25,28). The van der Waals surface area contributed by atoms with Crippen LogP contribution >= 0.6 is 0 Å². The summed E-state index contributed by atoms with van der Waals surface area (Å²) in [4.78, 5) is 12.6. The Hall–Kier alpha value is -2.49. The van der Waals surface area contributed by atoms with E-state index in [9.17, 15) is 13.2 Å². The molecule has 0 bridgehead atoms. The second-order valence-corrected chi connectivity index (χ2v) is 10.6. The monoisotopic (exact) mass is 473 g/mol. The van der Waals surface area contributed by atoms with Crippen molar-refractivity contribution in [2.24, 2.45) is 5.92 Å². The van der Waals surface area contributed by atoms with Crippen molar-refractivity contribution in [2.45, 2.75) is 50.5 Å². The van der Waals surface area contributed by atoms with Gasteiger partial charge in [-0.3, -0.25) is 4.79 Å². The van der Waals surface area contributed by atoms with Crippen LogP contribution in [0.5, 0.6) is 0 Å².